The van der Waals surface area contributed by atoms with E-state index in [1.807, 2.05) is 0 Å². The normalized spacial score (nSPS) is 11.5. The Bertz CT molecular complexity index is 304. The Hall–Kier alpha value is -1.10. The first kappa shape index (κ1) is 26.1. The van der Waals surface area contributed by atoms with Crippen LogP contribution in [0.25, 0.3) is 0 Å². The van der Waals surface area contributed by atoms with E-state index < -0.39 is 18.0 Å². The van der Waals surface area contributed by atoms with Gasteiger partial charge in [-0.15, -0.1) is 0 Å². The molecule has 5 heteroatoms. The maximum atomic E-state index is 10.2. The fourth-order valence-corrected chi connectivity index (χ4v) is 2.47. The molecule has 0 radical (unpaired) electrons. The van der Waals surface area contributed by atoms with E-state index in [-0.39, 0.29) is 0 Å². The number of rotatable bonds is 16. The number of aliphatic hydroxyl groups excluding tert-OH is 1. The molecule has 0 amide bonds. The third kappa shape index (κ3) is 25.3. The quantitative estimate of drug-likeness (QED) is 0.321. The molecule has 0 aromatic carbocycles. The molecule has 1 atom stereocenters. The molecule has 0 saturated heterocycles. The first-order valence-corrected chi connectivity index (χ1v) is 10.1. The minimum Gasteiger partial charge on any atom is -0.481 e. The number of aliphatic hydroxyl groups is 1. The van der Waals surface area contributed by atoms with Gasteiger partial charge in [-0.25, -0.2) is 4.79 Å². The van der Waals surface area contributed by atoms with Gasteiger partial charge in [-0.05, 0) is 12.8 Å². The zero-order valence-electron chi connectivity index (χ0n) is 16.3. The summed E-state index contributed by atoms with van der Waals surface area (Å²) in [5.74, 6) is -1.77. The SMILES string of the molecule is CCCCCCCCC(O)C(=O)O.CCCCCCCCCC(=O)O. The summed E-state index contributed by atoms with van der Waals surface area (Å²) in [5, 5.41) is 25.7. The van der Waals surface area contributed by atoms with E-state index in [9.17, 15) is 9.59 Å². The van der Waals surface area contributed by atoms with Crippen molar-refractivity contribution in [2.24, 2.45) is 0 Å². The Morgan fingerprint density at radius 1 is 0.680 bits per heavy atom. The third-order valence-electron chi connectivity index (χ3n) is 4.11. The number of aliphatic carboxylic acids is 2. The summed E-state index contributed by atoms with van der Waals surface area (Å²) in [4.78, 5) is 20.3. The van der Waals surface area contributed by atoms with Gasteiger partial charge in [0.15, 0.2) is 6.10 Å². The molecule has 0 rings (SSSR count). The summed E-state index contributed by atoms with van der Waals surface area (Å²) >= 11 is 0. The van der Waals surface area contributed by atoms with Gasteiger partial charge in [0.05, 0.1) is 0 Å². The minimum atomic E-state index is -1.16. The maximum absolute atomic E-state index is 10.2. The van der Waals surface area contributed by atoms with Gasteiger partial charge < -0.3 is 15.3 Å². The molecule has 0 bridgehead atoms. The topological polar surface area (TPSA) is 94.8 Å². The van der Waals surface area contributed by atoms with Crippen LogP contribution in [-0.4, -0.2) is 33.4 Å². The Morgan fingerprint density at radius 2 is 1.08 bits per heavy atom. The standard InChI is InChI=1S/C10H20O3.C10H20O2/c1-2-3-4-5-6-7-8-9(11)10(12)13;1-2-3-4-5-6-7-8-9-10(11)12/h9,11H,2-8H2,1H3,(H,12,13);2-9H2,1H3,(H,11,12). The van der Waals surface area contributed by atoms with Gasteiger partial charge in [0.1, 0.15) is 0 Å². The van der Waals surface area contributed by atoms with Crippen molar-refractivity contribution in [3.8, 4) is 0 Å². The van der Waals surface area contributed by atoms with Crippen molar-refractivity contribution in [1.82, 2.24) is 0 Å². The lowest BCUT2D eigenvalue weighted by atomic mass is 10.1. The van der Waals surface area contributed by atoms with Crippen molar-refractivity contribution in [1.29, 1.82) is 0 Å². The summed E-state index contributed by atoms with van der Waals surface area (Å²) in [6, 6.07) is 0. The second kappa shape index (κ2) is 20.9. The van der Waals surface area contributed by atoms with E-state index in [1.54, 1.807) is 0 Å². The lowest BCUT2D eigenvalue weighted by Gasteiger charge is -2.04. The molecular formula is C20H40O5. The number of unbranched alkanes of at least 4 members (excludes halogenated alkanes) is 11. The van der Waals surface area contributed by atoms with Crippen LogP contribution in [0, 0.1) is 0 Å². The predicted molar refractivity (Wildman–Crippen MR) is 102 cm³/mol. The van der Waals surface area contributed by atoms with Gasteiger partial charge in [0.25, 0.3) is 0 Å². The summed E-state index contributed by atoms with van der Waals surface area (Å²) in [7, 11) is 0. The van der Waals surface area contributed by atoms with Gasteiger partial charge >= 0.3 is 11.9 Å². The highest BCUT2D eigenvalue weighted by molar-refractivity contribution is 5.71. The van der Waals surface area contributed by atoms with E-state index in [0.29, 0.717) is 12.8 Å². The highest BCUT2D eigenvalue weighted by atomic mass is 16.4. The summed E-state index contributed by atoms with van der Waals surface area (Å²) in [5.41, 5.74) is 0. The minimum absolute atomic E-state index is 0.341. The zero-order valence-corrected chi connectivity index (χ0v) is 16.3. The number of carboxylic acids is 2. The molecule has 0 saturated carbocycles. The second-order valence-electron chi connectivity index (χ2n) is 6.68. The molecule has 5 nitrogen and oxygen atoms in total. The first-order valence-electron chi connectivity index (χ1n) is 10.1. The van der Waals surface area contributed by atoms with Crippen LogP contribution in [-0.2, 0) is 9.59 Å². The van der Waals surface area contributed by atoms with E-state index in [0.717, 1.165) is 32.1 Å². The van der Waals surface area contributed by atoms with Crippen molar-refractivity contribution in [2.75, 3.05) is 0 Å². The molecule has 3 N–H and O–H groups in total. The fourth-order valence-electron chi connectivity index (χ4n) is 2.47. The van der Waals surface area contributed by atoms with E-state index in [1.165, 1.54) is 51.4 Å². The van der Waals surface area contributed by atoms with Crippen LogP contribution in [0.1, 0.15) is 110 Å². The Kier molecular flexibility index (Phi) is 21.9. The monoisotopic (exact) mass is 360 g/mol. The van der Waals surface area contributed by atoms with Crippen molar-refractivity contribution >= 4 is 11.9 Å². The Balaban J connectivity index is 0. The molecule has 0 aliphatic rings. The fraction of sp³-hybridized carbons (Fsp3) is 0.900. The molecule has 0 spiro atoms. The highest BCUT2D eigenvalue weighted by Crippen LogP contribution is 2.09. The molecule has 0 aromatic rings. The van der Waals surface area contributed by atoms with Gasteiger partial charge in [-0.1, -0.05) is 90.9 Å². The Labute approximate surface area is 153 Å². The summed E-state index contributed by atoms with van der Waals surface area (Å²) in [6.07, 6.45) is 14.6. The largest absolute Gasteiger partial charge is 0.481 e. The van der Waals surface area contributed by atoms with Crippen molar-refractivity contribution < 1.29 is 24.9 Å². The van der Waals surface area contributed by atoms with Crippen molar-refractivity contribution in [2.45, 2.75) is 116 Å². The third-order valence-corrected chi connectivity index (χ3v) is 4.11. The number of hydrogen-bond donors (Lipinski definition) is 3. The van der Waals surface area contributed by atoms with Crippen LogP contribution in [0.4, 0.5) is 0 Å². The number of carboxylic acid groups (broad SMARTS) is 2. The van der Waals surface area contributed by atoms with E-state index >= 15 is 0 Å². The van der Waals surface area contributed by atoms with Crippen LogP contribution >= 0.6 is 0 Å². The summed E-state index contributed by atoms with van der Waals surface area (Å²) in [6.45, 7) is 4.36. The number of hydrogen-bond acceptors (Lipinski definition) is 3. The average molecular weight is 361 g/mol. The van der Waals surface area contributed by atoms with Crippen LogP contribution in [0.15, 0.2) is 0 Å². The molecule has 0 fully saturated rings. The second-order valence-corrected chi connectivity index (χ2v) is 6.68. The van der Waals surface area contributed by atoms with Gasteiger partial charge in [0, 0.05) is 6.42 Å². The predicted octanol–water partition coefficient (Wildman–Crippen LogP) is 5.39. The van der Waals surface area contributed by atoms with E-state index in [2.05, 4.69) is 13.8 Å². The maximum Gasteiger partial charge on any atom is 0.332 e. The van der Waals surface area contributed by atoms with Crippen LogP contribution in [0.2, 0.25) is 0 Å². The smallest absolute Gasteiger partial charge is 0.332 e. The van der Waals surface area contributed by atoms with Gasteiger partial charge in [-0.3, -0.25) is 4.79 Å². The molecule has 0 aliphatic heterocycles. The van der Waals surface area contributed by atoms with E-state index in [4.69, 9.17) is 15.3 Å². The summed E-state index contributed by atoms with van der Waals surface area (Å²) < 4.78 is 0. The van der Waals surface area contributed by atoms with Crippen LogP contribution in [0.3, 0.4) is 0 Å². The lowest BCUT2D eigenvalue weighted by Crippen LogP contribution is -2.18. The van der Waals surface area contributed by atoms with Crippen LogP contribution in [0.5, 0.6) is 0 Å². The molecule has 0 aromatic heterocycles. The first-order chi connectivity index (χ1) is 12.0. The number of carbonyl (C=O) groups is 2. The molecule has 25 heavy (non-hydrogen) atoms. The molecule has 0 aliphatic carbocycles. The molecule has 150 valence electrons. The van der Waals surface area contributed by atoms with Crippen molar-refractivity contribution in [3.63, 3.8) is 0 Å². The average Bonchev–Trinajstić information content (AvgIpc) is 2.57. The van der Waals surface area contributed by atoms with Gasteiger partial charge in [0.2, 0.25) is 0 Å². The van der Waals surface area contributed by atoms with Crippen LogP contribution < -0.4 is 0 Å². The van der Waals surface area contributed by atoms with Gasteiger partial charge in [-0.2, -0.15) is 0 Å². The van der Waals surface area contributed by atoms with Crippen molar-refractivity contribution in [3.05, 3.63) is 0 Å². The molecule has 0 heterocycles. The zero-order chi connectivity index (χ0) is 19.3. The molecular weight excluding hydrogens is 320 g/mol. The Morgan fingerprint density at radius 3 is 1.48 bits per heavy atom. The molecule has 1 unspecified atom stereocenters. The highest BCUT2D eigenvalue weighted by Gasteiger charge is 2.11. The lowest BCUT2D eigenvalue weighted by molar-refractivity contribution is -0.147.